The molecule has 598 valence electrons. The zero-order valence-electron chi connectivity index (χ0n) is 72.2. The fourth-order valence-electron chi connectivity index (χ4n) is 22.9. The molecule has 0 heterocycles. The lowest BCUT2D eigenvalue weighted by Gasteiger charge is -2.30. The average molecular weight is 1600 g/mol. The predicted molar refractivity (Wildman–Crippen MR) is 528 cm³/mol. The second-order valence-electron chi connectivity index (χ2n) is 37.9. The van der Waals surface area contributed by atoms with Gasteiger partial charge in [-0.1, -0.05) is 294 Å². The highest BCUT2D eigenvalue weighted by Crippen LogP contribution is 2.65. The summed E-state index contributed by atoms with van der Waals surface area (Å²) < 4.78 is 0. The third-order valence-corrected chi connectivity index (χ3v) is 29.3. The van der Waals surface area contributed by atoms with Gasteiger partial charge in [-0.3, -0.25) is 0 Å². The molecule has 4 heteroatoms. The summed E-state index contributed by atoms with van der Waals surface area (Å²) in [5.74, 6) is 0. The van der Waals surface area contributed by atoms with E-state index >= 15 is 0 Å². The maximum absolute atomic E-state index is 2.63. The topological polar surface area (TPSA) is 13.0 Å². The van der Waals surface area contributed by atoms with Crippen LogP contribution >= 0.6 is 0 Å². The molecule has 0 aromatic heterocycles. The fraction of sp³-hybridized carbons (Fsp3) is 0.124. The molecule has 0 saturated carbocycles. The molecule has 0 fully saturated rings. The van der Waals surface area contributed by atoms with Gasteiger partial charge < -0.3 is 19.6 Å². The summed E-state index contributed by atoms with van der Waals surface area (Å²) in [6, 6.07) is 147. The Hall–Kier alpha value is -14.6. The van der Waals surface area contributed by atoms with Crippen molar-refractivity contribution in [2.24, 2.45) is 0 Å². The molecule has 0 aliphatic heterocycles. The van der Waals surface area contributed by atoms with Gasteiger partial charge in [0.1, 0.15) is 0 Å². The molecule has 5 aliphatic carbocycles. The average Bonchev–Trinajstić information content (AvgIpc) is 1.52. The van der Waals surface area contributed by atoms with Gasteiger partial charge in [-0.25, -0.2) is 0 Å². The second kappa shape index (κ2) is 27.2. The molecular formula is C121H94N4. The Labute approximate surface area is 732 Å². The highest BCUT2D eigenvalue weighted by Gasteiger charge is 2.48. The first-order valence-corrected chi connectivity index (χ1v) is 44.4. The first-order chi connectivity index (χ1) is 60.8. The number of hydrogen-bond donors (Lipinski definition) is 0. The van der Waals surface area contributed by atoms with Crippen LogP contribution < -0.4 is 19.6 Å². The molecule has 0 saturated heterocycles. The SMILES string of the molecule is CC1(C)c2cc(N(c3ccccc3)c3cccc4ccccc34)ccc2-c2cc3c(cc21)-c1ccc(N(c2cccc(-c4ccc5c6c(cc(N(c7ccccc7)c7ccccc7)c5c4)C(C)(C)c4cc5c(cc4-6)C(C)(C)c4cc6c(cc4-5)C(C)(C)c4cc(N(c5ccccc5)c5ccccc5)c5ccccc5c4-6)c2)c2cccc4ccccc24)cc1C3(C)C. The molecule has 4 nitrogen and oxygen atoms in total. The number of benzene rings is 19. The molecule has 19 aromatic carbocycles. The van der Waals surface area contributed by atoms with Crippen LogP contribution in [0.3, 0.4) is 0 Å². The second-order valence-corrected chi connectivity index (χ2v) is 37.9. The highest BCUT2D eigenvalue weighted by molar-refractivity contribution is 6.14. The van der Waals surface area contributed by atoms with Crippen LogP contribution in [0.1, 0.15) is 125 Å². The van der Waals surface area contributed by atoms with E-state index < -0.39 is 0 Å². The van der Waals surface area contributed by atoms with Gasteiger partial charge in [0.15, 0.2) is 0 Å². The van der Waals surface area contributed by atoms with Crippen molar-refractivity contribution in [3.8, 4) is 66.8 Å². The van der Waals surface area contributed by atoms with Gasteiger partial charge in [0.25, 0.3) is 0 Å². The minimum Gasteiger partial charge on any atom is -0.310 e. The first-order valence-electron chi connectivity index (χ1n) is 44.4. The molecule has 0 N–H and O–H groups in total. The molecule has 0 spiro atoms. The zero-order chi connectivity index (χ0) is 84.3. The van der Waals surface area contributed by atoms with Crippen molar-refractivity contribution in [2.75, 3.05) is 19.6 Å². The van der Waals surface area contributed by atoms with Crippen LogP contribution in [0.25, 0.3) is 110 Å². The summed E-state index contributed by atoms with van der Waals surface area (Å²) in [5, 5.41) is 9.78. The predicted octanol–water partition coefficient (Wildman–Crippen LogP) is 33.4. The summed E-state index contributed by atoms with van der Waals surface area (Å²) >= 11 is 0. The Bertz CT molecular complexity index is 7660. The molecule has 125 heavy (non-hydrogen) atoms. The van der Waals surface area contributed by atoms with Gasteiger partial charge in [-0.2, -0.15) is 0 Å². The van der Waals surface area contributed by atoms with Crippen molar-refractivity contribution >= 4 is 111 Å². The van der Waals surface area contributed by atoms with E-state index in [4.69, 9.17) is 0 Å². The maximum Gasteiger partial charge on any atom is 0.0543 e. The molecule has 0 amide bonds. The quantitative estimate of drug-likeness (QED) is 0.114. The zero-order valence-corrected chi connectivity index (χ0v) is 72.2. The number of fused-ring (bicyclic) bond motifs is 21. The van der Waals surface area contributed by atoms with Gasteiger partial charge in [0, 0.05) is 94.1 Å². The van der Waals surface area contributed by atoms with E-state index in [1.807, 2.05) is 0 Å². The normalized spacial score (nSPS) is 14.8. The largest absolute Gasteiger partial charge is 0.310 e. The number of anilines is 12. The van der Waals surface area contributed by atoms with Crippen LogP contribution in [0.2, 0.25) is 0 Å². The number of nitrogens with zero attached hydrogens (tertiary/aromatic N) is 4. The highest BCUT2D eigenvalue weighted by atomic mass is 15.2. The Morgan fingerprint density at radius 2 is 0.432 bits per heavy atom. The minimum absolute atomic E-state index is 0.279. The van der Waals surface area contributed by atoms with Crippen molar-refractivity contribution in [1.82, 2.24) is 0 Å². The molecule has 0 radical (unpaired) electrons. The van der Waals surface area contributed by atoms with Crippen LogP contribution in [-0.4, -0.2) is 0 Å². The molecule has 0 bridgehead atoms. The standard InChI is InChI=1S/C121H94N4/c1-117(2)101-65-85(124(83-48-24-15-25-49-83)111-55-33-37-75-35-26-28-51-87(75)111)58-61-89(101)94-67-104-95(68-103(94)117)90-62-59-86(66-102(90)118(104,3)4)125(112-56-34-38-76-36-27-29-52-88(76)112)84-50-32-39-77(63-84)78-57-60-93-98(64-78)114(123(81-44-20-13-21-45-81)82-46-22-14-23-47-82)74-110-116(93)100-72-106-97(70-108(100)121(110,9)10)96-69-107-99(71-105(96)119(106,5)6)115-92-54-31-30-53-91(92)113(73-109(115)120(107,7)8)122(79-40-16-11-17-41-79)80-42-18-12-19-43-80/h11-74H,1-10H3. The van der Waals surface area contributed by atoms with Crippen LogP contribution in [0.4, 0.5) is 68.2 Å². The van der Waals surface area contributed by atoms with Crippen LogP contribution in [0.15, 0.2) is 388 Å². The fourth-order valence-corrected chi connectivity index (χ4v) is 22.9. The lowest BCUT2D eigenvalue weighted by molar-refractivity contribution is 0.649. The molecule has 24 rings (SSSR count). The lowest BCUT2D eigenvalue weighted by atomic mass is 9.78. The molecule has 5 aliphatic rings. The summed E-state index contributed by atoms with van der Waals surface area (Å²) in [6.07, 6.45) is 0. The van der Waals surface area contributed by atoms with Gasteiger partial charge in [-0.05, 0) is 308 Å². The Morgan fingerprint density at radius 1 is 0.152 bits per heavy atom. The van der Waals surface area contributed by atoms with Crippen molar-refractivity contribution in [1.29, 1.82) is 0 Å². The van der Waals surface area contributed by atoms with E-state index in [-0.39, 0.29) is 27.1 Å². The van der Waals surface area contributed by atoms with Crippen molar-refractivity contribution in [2.45, 2.75) is 96.3 Å². The number of hydrogen-bond acceptors (Lipinski definition) is 4. The van der Waals surface area contributed by atoms with E-state index in [2.05, 4.69) is 477 Å². The molecule has 0 unspecified atom stereocenters. The summed E-state index contributed by atoms with van der Waals surface area (Å²) in [7, 11) is 0. The smallest absolute Gasteiger partial charge is 0.0543 e. The first kappa shape index (κ1) is 74.3. The van der Waals surface area contributed by atoms with E-state index in [0.29, 0.717) is 0 Å². The third-order valence-electron chi connectivity index (χ3n) is 29.3. The van der Waals surface area contributed by atoms with Crippen molar-refractivity contribution < 1.29 is 0 Å². The van der Waals surface area contributed by atoms with Gasteiger partial charge in [0.2, 0.25) is 0 Å². The monoisotopic (exact) mass is 1600 g/mol. The summed E-state index contributed by atoms with van der Waals surface area (Å²) in [5.41, 5.74) is 41.1. The van der Waals surface area contributed by atoms with Crippen LogP contribution in [-0.2, 0) is 27.1 Å². The Kier molecular flexibility index (Phi) is 16.2. The Balaban J connectivity index is 0.626. The van der Waals surface area contributed by atoms with E-state index in [1.165, 1.54) is 166 Å². The van der Waals surface area contributed by atoms with Gasteiger partial charge >= 0.3 is 0 Å². The minimum atomic E-state index is -0.381. The molecular weight excluding hydrogens is 1510 g/mol. The van der Waals surface area contributed by atoms with E-state index in [9.17, 15) is 0 Å². The van der Waals surface area contributed by atoms with E-state index in [1.54, 1.807) is 0 Å². The lowest BCUT2D eigenvalue weighted by Crippen LogP contribution is -2.18. The number of para-hydroxylation sites is 5. The third kappa shape index (κ3) is 11.0. The Morgan fingerprint density at radius 3 is 0.856 bits per heavy atom. The van der Waals surface area contributed by atoms with E-state index in [0.717, 1.165) is 68.0 Å². The number of rotatable bonds is 13. The maximum atomic E-state index is 2.63. The summed E-state index contributed by atoms with van der Waals surface area (Å²) in [4.78, 5) is 9.92. The van der Waals surface area contributed by atoms with Gasteiger partial charge in [0.05, 0.1) is 22.7 Å². The summed E-state index contributed by atoms with van der Waals surface area (Å²) in [6.45, 7) is 24.6. The van der Waals surface area contributed by atoms with Crippen molar-refractivity contribution in [3.63, 3.8) is 0 Å². The van der Waals surface area contributed by atoms with Crippen molar-refractivity contribution in [3.05, 3.63) is 444 Å². The van der Waals surface area contributed by atoms with Gasteiger partial charge in [-0.15, -0.1) is 0 Å². The van der Waals surface area contributed by atoms with Crippen LogP contribution in [0, 0.1) is 0 Å². The molecule has 19 aromatic rings. The molecule has 0 atom stereocenters. The van der Waals surface area contributed by atoms with Crippen LogP contribution in [0.5, 0.6) is 0 Å².